The molecular weight excluding hydrogens is 266 g/mol. The molecule has 0 aliphatic heterocycles. The number of hydrogen-bond acceptors (Lipinski definition) is 5. The molecule has 1 aromatic rings. The highest BCUT2D eigenvalue weighted by Gasteiger charge is 2.20. The maximum absolute atomic E-state index is 11.7. The van der Waals surface area contributed by atoms with E-state index in [9.17, 15) is 8.42 Å². The molecule has 1 aliphatic rings. The van der Waals surface area contributed by atoms with Crippen LogP contribution in [0.15, 0.2) is 6.33 Å². The summed E-state index contributed by atoms with van der Waals surface area (Å²) in [4.78, 5) is 4.04. The van der Waals surface area contributed by atoms with Crippen molar-refractivity contribution in [1.29, 1.82) is 0 Å². The summed E-state index contributed by atoms with van der Waals surface area (Å²) in [7, 11) is -1.39. The third-order valence-corrected chi connectivity index (χ3v) is 4.39. The second-order valence-corrected chi connectivity index (χ2v) is 6.81. The van der Waals surface area contributed by atoms with E-state index in [-0.39, 0.29) is 5.75 Å². The second kappa shape index (κ2) is 6.44. The number of aryl methyl sites for hydroxylation is 1. The Balaban J connectivity index is 1.59. The van der Waals surface area contributed by atoms with Crippen LogP contribution in [0.25, 0.3) is 0 Å². The minimum absolute atomic E-state index is 0.169. The summed E-state index contributed by atoms with van der Waals surface area (Å²) >= 11 is 0. The molecule has 2 rings (SSSR count). The fourth-order valence-electron chi connectivity index (χ4n) is 1.74. The topological polar surface area (TPSA) is 88.9 Å². The average molecular weight is 287 g/mol. The molecule has 0 unspecified atom stereocenters. The second-order valence-electron chi connectivity index (χ2n) is 4.88. The number of hydrogen-bond donors (Lipinski definition) is 2. The van der Waals surface area contributed by atoms with Gasteiger partial charge in [0.25, 0.3) is 0 Å². The molecule has 1 heterocycles. The summed E-state index contributed by atoms with van der Waals surface area (Å²) < 4.78 is 27.6. The van der Waals surface area contributed by atoms with E-state index >= 15 is 0 Å². The predicted molar refractivity (Wildman–Crippen MR) is 72.1 cm³/mol. The number of nitrogens with one attached hydrogen (secondary N) is 2. The maximum atomic E-state index is 11.7. The first-order chi connectivity index (χ1) is 9.05. The molecule has 1 aliphatic carbocycles. The summed E-state index contributed by atoms with van der Waals surface area (Å²) in [5, 5.41) is 7.39. The van der Waals surface area contributed by atoms with Crippen LogP contribution < -0.4 is 10.0 Å². The van der Waals surface area contributed by atoms with Gasteiger partial charge in [0.1, 0.15) is 6.33 Å². The standard InChI is InChI=1S/C11H21N5O2S/c1-16-9-13-11(15-16)5-7-14-19(17,18)8-2-6-12-10-3-4-10/h9-10,12,14H,2-8H2,1H3. The molecule has 8 heteroatoms. The van der Waals surface area contributed by atoms with Crippen molar-refractivity contribution in [3.8, 4) is 0 Å². The lowest BCUT2D eigenvalue weighted by atomic mass is 10.4. The van der Waals surface area contributed by atoms with Crippen LogP contribution in [0.5, 0.6) is 0 Å². The normalized spacial score (nSPS) is 15.8. The summed E-state index contributed by atoms with van der Waals surface area (Å²) in [5.74, 6) is 0.822. The van der Waals surface area contributed by atoms with Crippen molar-refractivity contribution >= 4 is 10.0 Å². The van der Waals surface area contributed by atoms with Crippen LogP contribution >= 0.6 is 0 Å². The van der Waals surface area contributed by atoms with Gasteiger partial charge in [-0.3, -0.25) is 4.68 Å². The van der Waals surface area contributed by atoms with Crippen molar-refractivity contribution in [3.63, 3.8) is 0 Å². The van der Waals surface area contributed by atoms with E-state index in [0.717, 1.165) is 6.54 Å². The first-order valence-corrected chi connectivity index (χ1v) is 8.26. The van der Waals surface area contributed by atoms with Crippen molar-refractivity contribution in [2.75, 3.05) is 18.8 Å². The lowest BCUT2D eigenvalue weighted by Crippen LogP contribution is -2.30. The van der Waals surface area contributed by atoms with Gasteiger partial charge in [0.2, 0.25) is 10.0 Å². The lowest BCUT2D eigenvalue weighted by molar-refractivity contribution is 0.573. The van der Waals surface area contributed by atoms with Gasteiger partial charge in [-0.25, -0.2) is 18.1 Å². The molecule has 7 nitrogen and oxygen atoms in total. The Bertz CT molecular complexity index is 495. The van der Waals surface area contributed by atoms with Gasteiger partial charge in [-0.05, 0) is 25.8 Å². The number of sulfonamides is 1. The molecule has 1 aromatic heterocycles. The summed E-state index contributed by atoms with van der Waals surface area (Å²) in [6, 6.07) is 0.630. The Morgan fingerprint density at radius 1 is 1.42 bits per heavy atom. The molecule has 1 saturated carbocycles. The van der Waals surface area contributed by atoms with Crippen LogP contribution in [-0.2, 0) is 23.5 Å². The maximum Gasteiger partial charge on any atom is 0.211 e. The molecule has 0 radical (unpaired) electrons. The van der Waals surface area contributed by atoms with E-state index in [0.29, 0.717) is 31.3 Å². The summed E-state index contributed by atoms with van der Waals surface area (Å²) in [5.41, 5.74) is 0. The van der Waals surface area contributed by atoms with Crippen molar-refractivity contribution in [2.45, 2.75) is 31.7 Å². The Morgan fingerprint density at radius 3 is 2.84 bits per heavy atom. The smallest absolute Gasteiger partial charge is 0.211 e. The van der Waals surface area contributed by atoms with Crippen LogP contribution in [0, 0.1) is 0 Å². The molecular formula is C11H21N5O2S. The molecule has 0 saturated heterocycles. The third-order valence-electron chi connectivity index (χ3n) is 2.92. The van der Waals surface area contributed by atoms with Crippen LogP contribution in [0.3, 0.4) is 0 Å². The predicted octanol–water partition coefficient (Wildman–Crippen LogP) is -0.581. The number of aromatic nitrogens is 3. The Labute approximate surface area is 113 Å². The van der Waals surface area contributed by atoms with E-state index in [4.69, 9.17) is 0 Å². The van der Waals surface area contributed by atoms with Gasteiger partial charge in [0.05, 0.1) is 5.75 Å². The largest absolute Gasteiger partial charge is 0.314 e. The zero-order valence-electron chi connectivity index (χ0n) is 11.2. The summed E-state index contributed by atoms with van der Waals surface area (Å²) in [6.45, 7) is 1.12. The van der Waals surface area contributed by atoms with Gasteiger partial charge in [0.15, 0.2) is 5.82 Å². The van der Waals surface area contributed by atoms with E-state index < -0.39 is 10.0 Å². The van der Waals surface area contributed by atoms with Crippen LogP contribution in [-0.4, -0.2) is 48.1 Å². The molecule has 0 aromatic carbocycles. The van der Waals surface area contributed by atoms with Gasteiger partial charge in [0, 0.05) is 26.1 Å². The van der Waals surface area contributed by atoms with Crippen LogP contribution in [0.2, 0.25) is 0 Å². The highest BCUT2D eigenvalue weighted by Crippen LogP contribution is 2.18. The minimum atomic E-state index is -3.17. The van der Waals surface area contributed by atoms with Gasteiger partial charge < -0.3 is 5.32 Å². The molecule has 1 fully saturated rings. The van der Waals surface area contributed by atoms with E-state index in [1.54, 1.807) is 18.1 Å². The molecule has 0 spiro atoms. The Kier molecular flexibility index (Phi) is 4.89. The van der Waals surface area contributed by atoms with E-state index in [1.807, 2.05) is 0 Å². The van der Waals surface area contributed by atoms with Crippen molar-refractivity contribution in [2.24, 2.45) is 7.05 Å². The lowest BCUT2D eigenvalue weighted by Gasteiger charge is -2.06. The van der Waals surface area contributed by atoms with Crippen LogP contribution in [0.4, 0.5) is 0 Å². The van der Waals surface area contributed by atoms with Crippen LogP contribution in [0.1, 0.15) is 25.1 Å². The van der Waals surface area contributed by atoms with Gasteiger partial charge in [-0.2, -0.15) is 5.10 Å². The van der Waals surface area contributed by atoms with Crippen molar-refractivity contribution < 1.29 is 8.42 Å². The first-order valence-electron chi connectivity index (χ1n) is 6.60. The molecule has 0 amide bonds. The minimum Gasteiger partial charge on any atom is -0.314 e. The zero-order chi connectivity index (χ0) is 13.7. The molecule has 19 heavy (non-hydrogen) atoms. The van der Waals surface area contributed by atoms with Gasteiger partial charge in [-0.15, -0.1) is 0 Å². The zero-order valence-corrected chi connectivity index (χ0v) is 12.0. The third kappa shape index (κ3) is 5.66. The first kappa shape index (κ1) is 14.4. The summed E-state index contributed by atoms with van der Waals surface area (Å²) in [6.07, 6.45) is 5.21. The SMILES string of the molecule is Cn1cnc(CCNS(=O)(=O)CCCNC2CC2)n1. The Hall–Kier alpha value is -0.990. The Morgan fingerprint density at radius 2 is 2.21 bits per heavy atom. The van der Waals surface area contributed by atoms with E-state index in [1.165, 1.54) is 12.8 Å². The highest BCUT2D eigenvalue weighted by molar-refractivity contribution is 7.89. The van der Waals surface area contributed by atoms with Crippen molar-refractivity contribution in [1.82, 2.24) is 24.8 Å². The monoisotopic (exact) mass is 287 g/mol. The van der Waals surface area contributed by atoms with Gasteiger partial charge >= 0.3 is 0 Å². The molecule has 0 atom stereocenters. The average Bonchev–Trinajstić information content (AvgIpc) is 3.08. The quantitative estimate of drug-likeness (QED) is 0.593. The van der Waals surface area contributed by atoms with E-state index in [2.05, 4.69) is 20.1 Å². The van der Waals surface area contributed by atoms with Gasteiger partial charge in [-0.1, -0.05) is 0 Å². The number of rotatable bonds is 9. The fraction of sp³-hybridized carbons (Fsp3) is 0.818. The number of nitrogens with zero attached hydrogens (tertiary/aromatic N) is 3. The molecule has 2 N–H and O–H groups in total. The molecule has 0 bridgehead atoms. The fourth-order valence-corrected chi connectivity index (χ4v) is 2.83. The molecule has 108 valence electrons. The highest BCUT2D eigenvalue weighted by atomic mass is 32.2. The van der Waals surface area contributed by atoms with Crippen molar-refractivity contribution in [3.05, 3.63) is 12.2 Å².